The lowest BCUT2D eigenvalue weighted by Crippen LogP contribution is -2.41. The fourth-order valence-corrected chi connectivity index (χ4v) is 4.98. The summed E-state index contributed by atoms with van der Waals surface area (Å²) in [6.07, 6.45) is 1.93. The van der Waals surface area contributed by atoms with Gasteiger partial charge in [0.2, 0.25) is 11.8 Å². The first-order valence-corrected chi connectivity index (χ1v) is 12.1. The van der Waals surface area contributed by atoms with Gasteiger partial charge in [-0.1, -0.05) is 36.4 Å². The Bertz CT molecular complexity index is 997. The van der Waals surface area contributed by atoms with Crippen LogP contribution in [0.1, 0.15) is 36.9 Å². The predicted molar refractivity (Wildman–Crippen MR) is 131 cm³/mol. The Morgan fingerprint density at radius 1 is 1.09 bits per heavy atom. The van der Waals surface area contributed by atoms with E-state index in [2.05, 4.69) is 41.4 Å². The molecule has 2 aromatic rings. The van der Waals surface area contributed by atoms with Gasteiger partial charge in [-0.05, 0) is 43.0 Å². The second-order valence-corrected chi connectivity index (χ2v) is 9.26. The Kier molecular flexibility index (Phi) is 7.73. The van der Waals surface area contributed by atoms with Crippen LogP contribution in [0.4, 0.5) is 0 Å². The van der Waals surface area contributed by atoms with E-state index in [-0.39, 0.29) is 30.2 Å². The fraction of sp³-hybridized carbons (Fsp3) is 0.481. The van der Waals surface area contributed by atoms with Crippen LogP contribution in [-0.2, 0) is 16.0 Å². The first-order chi connectivity index (χ1) is 16.5. The monoisotopic (exact) mass is 465 g/mol. The molecule has 0 saturated carbocycles. The molecule has 7 nitrogen and oxygen atoms in total. The van der Waals surface area contributed by atoms with Crippen LogP contribution in [0.15, 0.2) is 48.5 Å². The molecule has 4 rings (SSSR count). The molecule has 0 aliphatic carbocycles. The van der Waals surface area contributed by atoms with Gasteiger partial charge in [-0.3, -0.25) is 14.5 Å². The number of nitrogens with zero attached hydrogens (tertiary/aromatic N) is 2. The van der Waals surface area contributed by atoms with Crippen LogP contribution < -0.4 is 14.8 Å². The van der Waals surface area contributed by atoms with Gasteiger partial charge in [-0.25, -0.2) is 0 Å². The van der Waals surface area contributed by atoms with Crippen LogP contribution in [0.3, 0.4) is 0 Å². The summed E-state index contributed by atoms with van der Waals surface area (Å²) in [5, 5.41) is 3.21. The van der Waals surface area contributed by atoms with Crippen molar-refractivity contribution in [1.29, 1.82) is 0 Å². The lowest BCUT2D eigenvalue weighted by molar-refractivity contribution is -0.129. The number of likely N-dealkylation sites (tertiary alicyclic amines) is 2. The Balaban J connectivity index is 1.26. The highest BCUT2D eigenvalue weighted by Gasteiger charge is 2.36. The normalized spacial score (nSPS) is 21.5. The van der Waals surface area contributed by atoms with E-state index in [0.29, 0.717) is 37.1 Å². The average Bonchev–Trinajstić information content (AvgIpc) is 3.49. The molecular weight excluding hydrogens is 430 g/mol. The van der Waals surface area contributed by atoms with Crippen LogP contribution in [0, 0.1) is 5.92 Å². The summed E-state index contributed by atoms with van der Waals surface area (Å²) in [5.41, 5.74) is 2.36. The van der Waals surface area contributed by atoms with E-state index >= 15 is 0 Å². The Hall–Kier alpha value is -3.06. The molecule has 34 heavy (non-hydrogen) atoms. The summed E-state index contributed by atoms with van der Waals surface area (Å²) >= 11 is 0. The molecule has 1 N–H and O–H groups in total. The van der Waals surface area contributed by atoms with Gasteiger partial charge in [-0.2, -0.15) is 0 Å². The molecule has 2 amide bonds. The maximum atomic E-state index is 12.9. The number of amides is 2. The third kappa shape index (κ3) is 5.53. The number of carbonyl (C=O) groups excluding carboxylic acids is 2. The first-order valence-electron chi connectivity index (χ1n) is 12.1. The molecule has 2 heterocycles. The summed E-state index contributed by atoms with van der Waals surface area (Å²) in [7, 11) is 3.22. The quantitative estimate of drug-likeness (QED) is 0.616. The van der Waals surface area contributed by atoms with Crippen LogP contribution >= 0.6 is 0 Å². The van der Waals surface area contributed by atoms with E-state index in [1.807, 2.05) is 24.3 Å². The number of hydrogen-bond acceptors (Lipinski definition) is 5. The van der Waals surface area contributed by atoms with Gasteiger partial charge in [0.05, 0.1) is 20.1 Å². The predicted octanol–water partition coefficient (Wildman–Crippen LogP) is 3.05. The van der Waals surface area contributed by atoms with E-state index in [1.54, 1.807) is 19.1 Å². The van der Waals surface area contributed by atoms with Crippen molar-refractivity contribution in [3.63, 3.8) is 0 Å². The van der Waals surface area contributed by atoms with Crippen molar-refractivity contribution >= 4 is 11.8 Å². The van der Waals surface area contributed by atoms with Crippen LogP contribution in [0.2, 0.25) is 0 Å². The van der Waals surface area contributed by atoms with Crippen LogP contribution in [0.25, 0.3) is 0 Å². The number of rotatable bonds is 9. The maximum Gasteiger partial charge on any atom is 0.225 e. The van der Waals surface area contributed by atoms with Gasteiger partial charge in [0, 0.05) is 44.7 Å². The lowest BCUT2D eigenvalue weighted by atomic mass is 10.1. The standard InChI is InChI=1S/C27H35N3O4/c1-19(21-7-5-4-6-8-21)29-14-12-23(18-29)28-27(32)22-16-26(31)30(17-22)13-11-20-9-10-24(33-2)25(15-20)34-3/h4-10,15,19,22-23H,11-14,16-18H2,1-3H3,(H,28,32). The van der Waals surface area contributed by atoms with Crippen molar-refractivity contribution in [2.75, 3.05) is 40.4 Å². The second-order valence-electron chi connectivity index (χ2n) is 9.26. The fourth-order valence-electron chi connectivity index (χ4n) is 4.98. The van der Waals surface area contributed by atoms with E-state index < -0.39 is 0 Å². The molecule has 2 aliphatic heterocycles. The summed E-state index contributed by atoms with van der Waals surface area (Å²) in [6.45, 7) is 5.08. The molecular formula is C27H35N3O4. The van der Waals surface area contributed by atoms with Gasteiger partial charge < -0.3 is 19.7 Å². The van der Waals surface area contributed by atoms with Crippen molar-refractivity contribution in [2.45, 2.75) is 38.3 Å². The van der Waals surface area contributed by atoms with Crippen LogP contribution in [-0.4, -0.2) is 68.1 Å². The average molecular weight is 466 g/mol. The molecule has 0 radical (unpaired) electrons. The van der Waals surface area contributed by atoms with Crippen molar-refractivity contribution < 1.29 is 19.1 Å². The Labute approximate surface area is 202 Å². The van der Waals surface area contributed by atoms with E-state index in [9.17, 15) is 9.59 Å². The molecule has 7 heteroatoms. The zero-order chi connectivity index (χ0) is 24.1. The number of methoxy groups -OCH3 is 2. The third-order valence-corrected chi connectivity index (χ3v) is 7.10. The highest BCUT2D eigenvalue weighted by atomic mass is 16.5. The molecule has 3 unspecified atom stereocenters. The lowest BCUT2D eigenvalue weighted by Gasteiger charge is -2.25. The molecule has 2 aromatic carbocycles. The molecule has 0 spiro atoms. The number of benzene rings is 2. The highest BCUT2D eigenvalue weighted by molar-refractivity contribution is 5.89. The number of ether oxygens (including phenoxy) is 2. The minimum atomic E-state index is -0.279. The van der Waals surface area contributed by atoms with Crippen molar-refractivity contribution in [3.8, 4) is 11.5 Å². The molecule has 2 fully saturated rings. The third-order valence-electron chi connectivity index (χ3n) is 7.10. The Morgan fingerprint density at radius 2 is 1.85 bits per heavy atom. The zero-order valence-corrected chi connectivity index (χ0v) is 20.3. The van der Waals surface area contributed by atoms with Crippen molar-refractivity contribution in [3.05, 3.63) is 59.7 Å². The van der Waals surface area contributed by atoms with Gasteiger partial charge >= 0.3 is 0 Å². The number of hydrogen-bond donors (Lipinski definition) is 1. The summed E-state index contributed by atoms with van der Waals surface area (Å²) in [4.78, 5) is 29.7. The van der Waals surface area contributed by atoms with E-state index in [0.717, 1.165) is 25.1 Å². The minimum absolute atomic E-state index is 0.00109. The van der Waals surface area contributed by atoms with E-state index in [4.69, 9.17) is 9.47 Å². The van der Waals surface area contributed by atoms with Gasteiger partial charge in [-0.15, -0.1) is 0 Å². The van der Waals surface area contributed by atoms with Gasteiger partial charge in [0.15, 0.2) is 11.5 Å². The van der Waals surface area contributed by atoms with Crippen molar-refractivity contribution in [2.24, 2.45) is 5.92 Å². The maximum absolute atomic E-state index is 12.9. The summed E-state index contributed by atoms with van der Waals surface area (Å²) in [6, 6.07) is 16.7. The highest BCUT2D eigenvalue weighted by Crippen LogP contribution is 2.28. The zero-order valence-electron chi connectivity index (χ0n) is 20.3. The molecule has 2 aliphatic rings. The molecule has 3 atom stereocenters. The van der Waals surface area contributed by atoms with Gasteiger partial charge in [0.25, 0.3) is 0 Å². The van der Waals surface area contributed by atoms with Crippen LogP contribution in [0.5, 0.6) is 11.5 Å². The topological polar surface area (TPSA) is 71.1 Å². The second kappa shape index (κ2) is 10.9. The largest absolute Gasteiger partial charge is 0.493 e. The molecule has 0 bridgehead atoms. The van der Waals surface area contributed by atoms with Crippen molar-refractivity contribution in [1.82, 2.24) is 15.1 Å². The molecule has 2 saturated heterocycles. The number of nitrogens with one attached hydrogen (secondary N) is 1. The minimum Gasteiger partial charge on any atom is -0.493 e. The summed E-state index contributed by atoms with van der Waals surface area (Å²) in [5.74, 6) is 1.13. The molecule has 0 aromatic heterocycles. The SMILES string of the molecule is COc1ccc(CCN2CC(C(=O)NC3CCN(C(C)c4ccccc4)C3)CC2=O)cc1OC. The Morgan fingerprint density at radius 3 is 2.59 bits per heavy atom. The first kappa shape index (κ1) is 24.1. The molecule has 182 valence electrons. The smallest absolute Gasteiger partial charge is 0.225 e. The number of carbonyl (C=O) groups is 2. The van der Waals surface area contributed by atoms with Gasteiger partial charge in [0.1, 0.15) is 0 Å². The van der Waals surface area contributed by atoms with E-state index in [1.165, 1.54) is 5.56 Å². The summed E-state index contributed by atoms with van der Waals surface area (Å²) < 4.78 is 10.7.